The Balaban J connectivity index is 2.67. The molecular weight excluding hydrogens is 272 g/mol. The minimum Gasteiger partial charge on any atom is -0.462 e. The second-order valence-electron chi connectivity index (χ2n) is 4.67. The lowest BCUT2D eigenvalue weighted by Crippen LogP contribution is -2.09. The van der Waals surface area contributed by atoms with Gasteiger partial charge >= 0.3 is 5.97 Å². The average molecular weight is 296 g/mol. The van der Waals surface area contributed by atoms with Gasteiger partial charge in [0.1, 0.15) is 0 Å². The molecule has 0 fully saturated rings. The van der Waals surface area contributed by atoms with E-state index < -0.39 is 0 Å². The van der Waals surface area contributed by atoms with Crippen LogP contribution < -0.4 is 5.73 Å². The van der Waals surface area contributed by atoms with Gasteiger partial charge in [0.25, 0.3) is 0 Å². The highest BCUT2D eigenvalue weighted by atomic mass is 32.1. The smallest absolute Gasteiger partial charge is 0.340 e. The monoisotopic (exact) mass is 296 g/mol. The minimum atomic E-state index is -0.289. The van der Waals surface area contributed by atoms with E-state index in [1.807, 2.05) is 6.08 Å². The lowest BCUT2D eigenvalue weighted by molar-refractivity contribution is -0.136. The van der Waals surface area contributed by atoms with E-state index in [2.05, 4.69) is 18.8 Å². The number of carbonyl (C=O) groups excluding carboxylic acids is 1. The van der Waals surface area contributed by atoms with Gasteiger partial charge in [0, 0.05) is 5.38 Å². The largest absolute Gasteiger partial charge is 0.462 e. The first kappa shape index (κ1) is 16.7. The van der Waals surface area contributed by atoms with Crippen LogP contribution in [0.1, 0.15) is 58.1 Å². The van der Waals surface area contributed by atoms with Crippen molar-refractivity contribution in [1.29, 1.82) is 0 Å². The number of ether oxygens (including phenoxy) is 1. The molecule has 0 unspecified atom stereocenters. The lowest BCUT2D eigenvalue weighted by Gasteiger charge is -2.06. The fourth-order valence-corrected chi connectivity index (χ4v) is 2.31. The Morgan fingerprint density at radius 2 is 2.10 bits per heavy atom. The summed E-state index contributed by atoms with van der Waals surface area (Å²) >= 11 is 1.34. The fourth-order valence-electron chi connectivity index (χ4n) is 1.75. The Morgan fingerprint density at radius 3 is 2.70 bits per heavy atom. The number of aromatic nitrogens is 1. The highest BCUT2D eigenvalue weighted by Crippen LogP contribution is 2.21. The van der Waals surface area contributed by atoms with E-state index in [0.717, 1.165) is 38.5 Å². The van der Waals surface area contributed by atoms with Gasteiger partial charge < -0.3 is 10.5 Å². The normalized spacial score (nSPS) is 11.6. The maximum atomic E-state index is 12.1. The van der Waals surface area contributed by atoms with Crippen LogP contribution in [0.15, 0.2) is 11.5 Å². The SMILES string of the molecule is CCCC/C=C(\C(=O)OCCCCC)c1csc(N)n1. The van der Waals surface area contributed by atoms with Gasteiger partial charge in [-0.05, 0) is 12.8 Å². The van der Waals surface area contributed by atoms with Crippen LogP contribution in [0.2, 0.25) is 0 Å². The molecule has 1 heterocycles. The molecule has 0 saturated heterocycles. The average Bonchev–Trinajstić information content (AvgIpc) is 2.86. The second-order valence-corrected chi connectivity index (χ2v) is 5.56. The second kappa shape index (κ2) is 9.53. The van der Waals surface area contributed by atoms with E-state index in [-0.39, 0.29) is 5.97 Å². The van der Waals surface area contributed by atoms with Gasteiger partial charge in [-0.2, -0.15) is 0 Å². The quantitative estimate of drug-likeness (QED) is 0.424. The molecule has 0 atom stereocenters. The molecule has 20 heavy (non-hydrogen) atoms. The van der Waals surface area contributed by atoms with Crippen molar-refractivity contribution in [2.45, 2.75) is 52.4 Å². The number of hydrogen-bond acceptors (Lipinski definition) is 5. The first-order chi connectivity index (χ1) is 9.69. The van der Waals surface area contributed by atoms with Gasteiger partial charge in [0.15, 0.2) is 5.13 Å². The minimum absolute atomic E-state index is 0.289. The van der Waals surface area contributed by atoms with Crippen molar-refractivity contribution in [2.75, 3.05) is 12.3 Å². The Bertz CT molecular complexity index is 441. The number of nitrogens with two attached hydrogens (primary N) is 1. The Kier molecular flexibility index (Phi) is 7.95. The van der Waals surface area contributed by atoms with Crippen LogP contribution >= 0.6 is 11.3 Å². The number of nitrogens with zero attached hydrogens (tertiary/aromatic N) is 1. The van der Waals surface area contributed by atoms with Crippen LogP contribution in [0.5, 0.6) is 0 Å². The van der Waals surface area contributed by atoms with Crippen molar-refractivity contribution in [3.05, 3.63) is 17.2 Å². The molecule has 4 nitrogen and oxygen atoms in total. The van der Waals surface area contributed by atoms with E-state index in [0.29, 0.717) is 23.0 Å². The number of hydrogen-bond donors (Lipinski definition) is 1. The first-order valence-electron chi connectivity index (χ1n) is 7.27. The van der Waals surface area contributed by atoms with Gasteiger partial charge in [-0.1, -0.05) is 45.6 Å². The van der Waals surface area contributed by atoms with Crippen LogP contribution in [0.25, 0.3) is 5.57 Å². The van der Waals surface area contributed by atoms with Crippen LogP contribution in [0, 0.1) is 0 Å². The van der Waals surface area contributed by atoms with Gasteiger partial charge in [-0.25, -0.2) is 9.78 Å². The molecule has 0 aliphatic heterocycles. The van der Waals surface area contributed by atoms with Crippen LogP contribution in [0.3, 0.4) is 0 Å². The summed E-state index contributed by atoms with van der Waals surface area (Å²) in [6.07, 6.45) is 8.00. The van der Waals surface area contributed by atoms with Gasteiger partial charge in [-0.15, -0.1) is 11.3 Å². The molecule has 2 N–H and O–H groups in total. The Morgan fingerprint density at radius 1 is 1.35 bits per heavy atom. The van der Waals surface area contributed by atoms with Crippen LogP contribution in [0.4, 0.5) is 5.13 Å². The Labute approximate surface area is 125 Å². The molecule has 0 bridgehead atoms. The van der Waals surface area contributed by atoms with Crippen molar-refractivity contribution >= 4 is 28.0 Å². The van der Waals surface area contributed by atoms with E-state index in [1.54, 1.807) is 5.38 Å². The summed E-state index contributed by atoms with van der Waals surface area (Å²) in [6, 6.07) is 0. The molecule has 0 amide bonds. The number of anilines is 1. The standard InChI is InChI=1S/C15H24N2O2S/c1-3-5-7-9-12(13-11-20-15(16)17-13)14(18)19-10-8-6-4-2/h9,11H,3-8,10H2,1-2H3,(H2,16,17)/b12-9-. The van der Waals surface area contributed by atoms with Gasteiger partial charge in [0.05, 0.1) is 17.9 Å². The molecule has 1 aromatic heterocycles. The van der Waals surface area contributed by atoms with E-state index >= 15 is 0 Å². The molecule has 0 spiro atoms. The number of rotatable bonds is 9. The number of esters is 1. The third-order valence-electron chi connectivity index (χ3n) is 2.90. The summed E-state index contributed by atoms with van der Waals surface area (Å²) in [6.45, 7) is 4.71. The van der Waals surface area contributed by atoms with Crippen LogP contribution in [-0.4, -0.2) is 17.6 Å². The molecule has 0 radical (unpaired) electrons. The predicted octanol–water partition coefficient (Wildman–Crippen LogP) is 4.03. The van der Waals surface area contributed by atoms with Crippen molar-refractivity contribution < 1.29 is 9.53 Å². The number of carbonyl (C=O) groups is 1. The molecule has 0 aromatic carbocycles. The van der Waals surface area contributed by atoms with E-state index in [4.69, 9.17) is 10.5 Å². The van der Waals surface area contributed by atoms with Crippen molar-refractivity contribution in [2.24, 2.45) is 0 Å². The predicted molar refractivity (Wildman–Crippen MR) is 84.5 cm³/mol. The molecule has 0 aliphatic carbocycles. The Hall–Kier alpha value is -1.36. The number of allylic oxidation sites excluding steroid dienone is 1. The van der Waals surface area contributed by atoms with Crippen molar-refractivity contribution in [3.8, 4) is 0 Å². The number of unbranched alkanes of at least 4 members (excludes halogenated alkanes) is 4. The third-order valence-corrected chi connectivity index (χ3v) is 3.58. The summed E-state index contributed by atoms with van der Waals surface area (Å²) < 4.78 is 5.32. The highest BCUT2D eigenvalue weighted by molar-refractivity contribution is 7.13. The lowest BCUT2D eigenvalue weighted by atomic mass is 10.1. The zero-order chi connectivity index (χ0) is 14.8. The summed E-state index contributed by atoms with van der Waals surface area (Å²) in [5, 5.41) is 2.28. The topological polar surface area (TPSA) is 65.2 Å². The molecule has 1 aromatic rings. The highest BCUT2D eigenvalue weighted by Gasteiger charge is 2.16. The number of thiazole rings is 1. The molecule has 0 aliphatic rings. The molecule has 112 valence electrons. The van der Waals surface area contributed by atoms with E-state index in [1.165, 1.54) is 11.3 Å². The third kappa shape index (κ3) is 5.74. The van der Waals surface area contributed by atoms with E-state index in [9.17, 15) is 4.79 Å². The molecule has 1 rings (SSSR count). The maximum Gasteiger partial charge on any atom is 0.340 e. The molecule has 0 saturated carbocycles. The maximum absolute atomic E-state index is 12.1. The van der Waals surface area contributed by atoms with Crippen molar-refractivity contribution in [3.63, 3.8) is 0 Å². The number of nitrogen functional groups attached to an aromatic ring is 1. The molecule has 5 heteroatoms. The van der Waals surface area contributed by atoms with Crippen LogP contribution in [-0.2, 0) is 9.53 Å². The zero-order valence-corrected chi connectivity index (χ0v) is 13.2. The summed E-state index contributed by atoms with van der Waals surface area (Å²) in [5.41, 5.74) is 6.81. The summed E-state index contributed by atoms with van der Waals surface area (Å²) in [7, 11) is 0. The molecular formula is C15H24N2O2S. The summed E-state index contributed by atoms with van der Waals surface area (Å²) in [5.74, 6) is -0.289. The first-order valence-corrected chi connectivity index (χ1v) is 8.15. The van der Waals surface area contributed by atoms with Crippen molar-refractivity contribution in [1.82, 2.24) is 4.98 Å². The zero-order valence-electron chi connectivity index (χ0n) is 12.4. The fraction of sp³-hybridized carbons (Fsp3) is 0.600. The van der Waals surface area contributed by atoms with Gasteiger partial charge in [-0.3, -0.25) is 0 Å². The summed E-state index contributed by atoms with van der Waals surface area (Å²) in [4.78, 5) is 16.3. The van der Waals surface area contributed by atoms with Gasteiger partial charge in [0.2, 0.25) is 0 Å².